The Bertz CT molecular complexity index is 492. The molecule has 1 atom stereocenters. The number of nitrogens with one attached hydrogen (secondary N) is 1. The molecule has 1 aromatic rings. The Labute approximate surface area is 118 Å². The molecule has 20 heavy (non-hydrogen) atoms. The summed E-state index contributed by atoms with van der Waals surface area (Å²) in [5.41, 5.74) is -0.0150. The summed E-state index contributed by atoms with van der Waals surface area (Å²) in [7, 11) is 0. The van der Waals surface area contributed by atoms with Crippen molar-refractivity contribution in [2.75, 3.05) is 29.9 Å². The van der Waals surface area contributed by atoms with Crippen molar-refractivity contribution in [3.8, 4) is 0 Å². The molecule has 2 rings (SSSR count). The standard InChI is InChI=1S/C13H21N5O2/c1-4-14-12-11(18(19)20)13(16-8-15-12)17-6-5-10(7-17)9(2)3/h8-10H,4-7H2,1-3H3,(H,14,15,16). The molecule has 0 radical (unpaired) electrons. The van der Waals surface area contributed by atoms with Gasteiger partial charge in [-0.1, -0.05) is 13.8 Å². The molecule has 0 aromatic carbocycles. The van der Waals surface area contributed by atoms with Crippen molar-refractivity contribution in [2.24, 2.45) is 11.8 Å². The van der Waals surface area contributed by atoms with Crippen LogP contribution < -0.4 is 10.2 Å². The van der Waals surface area contributed by atoms with E-state index >= 15 is 0 Å². The van der Waals surface area contributed by atoms with Crippen molar-refractivity contribution in [1.82, 2.24) is 9.97 Å². The van der Waals surface area contributed by atoms with Crippen LogP contribution in [0.25, 0.3) is 0 Å². The van der Waals surface area contributed by atoms with E-state index in [1.165, 1.54) is 6.33 Å². The smallest absolute Gasteiger partial charge is 0.353 e. The molecule has 0 spiro atoms. The van der Waals surface area contributed by atoms with E-state index in [0.29, 0.717) is 30.0 Å². The first-order valence-electron chi connectivity index (χ1n) is 7.02. The Balaban J connectivity index is 2.32. The van der Waals surface area contributed by atoms with Gasteiger partial charge in [-0.3, -0.25) is 10.1 Å². The Kier molecular flexibility index (Phi) is 4.36. The minimum Gasteiger partial charge on any atom is -0.364 e. The molecule has 7 nitrogen and oxygen atoms in total. The van der Waals surface area contributed by atoms with E-state index < -0.39 is 4.92 Å². The van der Waals surface area contributed by atoms with E-state index in [1.807, 2.05) is 11.8 Å². The zero-order valence-electron chi connectivity index (χ0n) is 12.2. The lowest BCUT2D eigenvalue weighted by atomic mass is 9.95. The van der Waals surface area contributed by atoms with Crippen LogP contribution in [0.3, 0.4) is 0 Å². The summed E-state index contributed by atoms with van der Waals surface area (Å²) in [6.07, 6.45) is 2.44. The van der Waals surface area contributed by atoms with Gasteiger partial charge in [0.2, 0.25) is 11.6 Å². The van der Waals surface area contributed by atoms with E-state index in [4.69, 9.17) is 0 Å². The third-order valence-electron chi connectivity index (χ3n) is 3.80. The lowest BCUT2D eigenvalue weighted by molar-refractivity contribution is -0.383. The first-order chi connectivity index (χ1) is 9.54. The van der Waals surface area contributed by atoms with Gasteiger partial charge in [0.25, 0.3) is 0 Å². The quantitative estimate of drug-likeness (QED) is 0.657. The normalized spacial score (nSPS) is 18.6. The average Bonchev–Trinajstić information content (AvgIpc) is 2.88. The summed E-state index contributed by atoms with van der Waals surface area (Å²) >= 11 is 0. The van der Waals surface area contributed by atoms with Gasteiger partial charge in [-0.25, -0.2) is 9.97 Å². The van der Waals surface area contributed by atoms with Crippen molar-refractivity contribution in [1.29, 1.82) is 0 Å². The highest BCUT2D eigenvalue weighted by molar-refractivity contribution is 5.70. The number of aromatic nitrogens is 2. The maximum absolute atomic E-state index is 11.3. The van der Waals surface area contributed by atoms with E-state index in [1.54, 1.807) is 0 Å². The van der Waals surface area contributed by atoms with Crippen LogP contribution in [0, 0.1) is 22.0 Å². The van der Waals surface area contributed by atoms with E-state index in [9.17, 15) is 10.1 Å². The van der Waals surface area contributed by atoms with Gasteiger partial charge in [0, 0.05) is 19.6 Å². The van der Waals surface area contributed by atoms with E-state index in [0.717, 1.165) is 19.5 Å². The fraction of sp³-hybridized carbons (Fsp3) is 0.692. The Morgan fingerprint density at radius 2 is 2.30 bits per heavy atom. The molecule has 1 fully saturated rings. The van der Waals surface area contributed by atoms with Crippen molar-refractivity contribution in [2.45, 2.75) is 27.2 Å². The topological polar surface area (TPSA) is 84.2 Å². The van der Waals surface area contributed by atoms with Crippen molar-refractivity contribution in [3.05, 3.63) is 16.4 Å². The number of rotatable bonds is 5. The molecule has 1 aromatic heterocycles. The van der Waals surface area contributed by atoms with Crippen LogP contribution in [0.15, 0.2) is 6.33 Å². The predicted octanol–water partition coefficient (Wildman–Crippen LogP) is 2.30. The van der Waals surface area contributed by atoms with Gasteiger partial charge in [0.15, 0.2) is 0 Å². The average molecular weight is 279 g/mol. The zero-order chi connectivity index (χ0) is 14.7. The summed E-state index contributed by atoms with van der Waals surface area (Å²) in [6.45, 7) is 8.48. The van der Waals surface area contributed by atoms with Crippen LogP contribution in [0.1, 0.15) is 27.2 Å². The fourth-order valence-corrected chi connectivity index (χ4v) is 2.59. The maximum atomic E-state index is 11.3. The summed E-state index contributed by atoms with van der Waals surface area (Å²) < 4.78 is 0. The molecule has 1 N–H and O–H groups in total. The highest BCUT2D eigenvalue weighted by atomic mass is 16.6. The largest absolute Gasteiger partial charge is 0.364 e. The third kappa shape index (κ3) is 2.81. The lowest BCUT2D eigenvalue weighted by Crippen LogP contribution is -2.24. The van der Waals surface area contributed by atoms with Crippen molar-refractivity contribution in [3.63, 3.8) is 0 Å². The first kappa shape index (κ1) is 14.5. The van der Waals surface area contributed by atoms with Crippen molar-refractivity contribution < 1.29 is 4.92 Å². The summed E-state index contributed by atoms with van der Waals surface area (Å²) in [4.78, 5) is 21.1. The van der Waals surface area contributed by atoms with Gasteiger partial charge in [0.05, 0.1) is 4.92 Å². The van der Waals surface area contributed by atoms with Gasteiger partial charge in [-0.2, -0.15) is 0 Å². The highest BCUT2D eigenvalue weighted by Crippen LogP contribution is 2.35. The van der Waals surface area contributed by atoms with Crippen LogP contribution in [-0.2, 0) is 0 Å². The number of nitrogens with zero attached hydrogens (tertiary/aromatic N) is 4. The van der Waals surface area contributed by atoms with E-state index in [2.05, 4.69) is 29.1 Å². The number of nitro groups is 1. The van der Waals surface area contributed by atoms with Crippen LogP contribution in [0.2, 0.25) is 0 Å². The Morgan fingerprint density at radius 1 is 1.55 bits per heavy atom. The van der Waals surface area contributed by atoms with Crippen LogP contribution in [-0.4, -0.2) is 34.5 Å². The van der Waals surface area contributed by atoms with Crippen LogP contribution in [0.4, 0.5) is 17.3 Å². The van der Waals surface area contributed by atoms with Gasteiger partial charge in [-0.15, -0.1) is 0 Å². The monoisotopic (exact) mass is 279 g/mol. The zero-order valence-corrected chi connectivity index (χ0v) is 12.2. The van der Waals surface area contributed by atoms with Crippen LogP contribution in [0.5, 0.6) is 0 Å². The molecule has 0 amide bonds. The first-order valence-corrected chi connectivity index (χ1v) is 7.02. The van der Waals surface area contributed by atoms with Gasteiger partial charge in [-0.05, 0) is 25.2 Å². The second kappa shape index (κ2) is 6.02. The molecular formula is C13H21N5O2. The molecule has 0 bridgehead atoms. The van der Waals surface area contributed by atoms with E-state index in [-0.39, 0.29) is 5.69 Å². The van der Waals surface area contributed by atoms with Gasteiger partial charge in [0.1, 0.15) is 6.33 Å². The molecule has 1 unspecified atom stereocenters. The molecule has 1 saturated heterocycles. The summed E-state index contributed by atoms with van der Waals surface area (Å²) in [5.74, 6) is 1.88. The molecule has 2 heterocycles. The Hall–Kier alpha value is -1.92. The molecule has 0 saturated carbocycles. The Morgan fingerprint density at radius 3 is 2.85 bits per heavy atom. The highest BCUT2D eigenvalue weighted by Gasteiger charge is 2.32. The molecule has 1 aliphatic heterocycles. The molecule has 7 heteroatoms. The molecule has 110 valence electrons. The number of anilines is 2. The fourth-order valence-electron chi connectivity index (χ4n) is 2.59. The van der Waals surface area contributed by atoms with Crippen LogP contribution >= 0.6 is 0 Å². The minimum absolute atomic E-state index is 0.0150. The number of hydrogen-bond donors (Lipinski definition) is 1. The van der Waals surface area contributed by atoms with Gasteiger partial charge >= 0.3 is 5.69 Å². The summed E-state index contributed by atoms with van der Waals surface area (Å²) in [6, 6.07) is 0. The predicted molar refractivity (Wildman–Crippen MR) is 78.0 cm³/mol. The van der Waals surface area contributed by atoms with Gasteiger partial charge < -0.3 is 10.2 Å². The lowest BCUT2D eigenvalue weighted by Gasteiger charge is -2.19. The second-order valence-electron chi connectivity index (χ2n) is 5.42. The SMILES string of the molecule is CCNc1ncnc(N2CCC(C(C)C)C2)c1[N+](=O)[O-]. The summed E-state index contributed by atoms with van der Waals surface area (Å²) in [5, 5.41) is 14.3. The molecular weight excluding hydrogens is 258 g/mol. The molecule has 1 aliphatic rings. The van der Waals surface area contributed by atoms with Crippen molar-refractivity contribution >= 4 is 17.3 Å². The number of hydrogen-bond acceptors (Lipinski definition) is 6. The third-order valence-corrected chi connectivity index (χ3v) is 3.80. The minimum atomic E-state index is -0.393. The second-order valence-corrected chi connectivity index (χ2v) is 5.42. The molecule has 0 aliphatic carbocycles. The maximum Gasteiger partial charge on any atom is 0.353 e.